The summed E-state index contributed by atoms with van der Waals surface area (Å²) in [5, 5.41) is 2.68. The first-order valence-electron chi connectivity index (χ1n) is 4.71. The molecule has 6 heteroatoms. The van der Waals surface area contributed by atoms with Gasteiger partial charge < -0.3 is 10.1 Å². The molecule has 16 heavy (non-hydrogen) atoms. The summed E-state index contributed by atoms with van der Waals surface area (Å²) in [5.74, 6) is -0.0247. The molecule has 1 unspecified atom stereocenters. The fourth-order valence-corrected chi connectivity index (χ4v) is 1.81. The Morgan fingerprint density at radius 3 is 2.75 bits per heavy atom. The van der Waals surface area contributed by atoms with Crippen LogP contribution in [-0.2, 0) is 4.79 Å². The van der Waals surface area contributed by atoms with Gasteiger partial charge in [-0.3, -0.25) is 4.79 Å². The number of amides is 1. The van der Waals surface area contributed by atoms with Gasteiger partial charge in [0.2, 0.25) is 11.8 Å². The summed E-state index contributed by atoms with van der Waals surface area (Å²) < 4.78 is 4.00. The van der Waals surface area contributed by atoms with Crippen LogP contribution in [0.15, 0.2) is 18.3 Å². The van der Waals surface area contributed by atoms with Crippen molar-refractivity contribution in [2.24, 2.45) is 5.92 Å². The molecule has 0 aromatic carbocycles. The second-order valence-electron chi connectivity index (χ2n) is 3.60. The van der Waals surface area contributed by atoms with Gasteiger partial charge in [0.1, 0.15) is 4.33 Å². The lowest BCUT2D eigenvalue weighted by Gasteiger charge is -2.05. The molecular formula is C10H10Cl2N2O2. The maximum absolute atomic E-state index is 11.6. The summed E-state index contributed by atoms with van der Waals surface area (Å²) in [6.07, 6.45) is 2.01. The Morgan fingerprint density at radius 1 is 1.62 bits per heavy atom. The Balaban J connectivity index is 1.96. The predicted molar refractivity (Wildman–Crippen MR) is 62.0 cm³/mol. The van der Waals surface area contributed by atoms with Crippen LogP contribution in [0.2, 0.25) is 0 Å². The van der Waals surface area contributed by atoms with Crippen LogP contribution in [0.5, 0.6) is 5.88 Å². The molecule has 1 aliphatic carbocycles. The monoisotopic (exact) mass is 260 g/mol. The molecule has 0 aliphatic heterocycles. The molecule has 1 aromatic heterocycles. The number of carbonyl (C=O) groups excluding carboxylic acids is 1. The van der Waals surface area contributed by atoms with E-state index in [1.165, 1.54) is 13.3 Å². The topological polar surface area (TPSA) is 51.2 Å². The second-order valence-corrected chi connectivity index (χ2v) is 5.14. The number of halogens is 2. The average molecular weight is 261 g/mol. The van der Waals surface area contributed by atoms with Gasteiger partial charge in [-0.15, -0.1) is 23.2 Å². The standard InChI is InChI=1S/C10H10Cl2N2O2/c1-16-8-3-2-6(5-13-8)14-9(15)7-4-10(7,11)12/h2-3,5,7H,4H2,1H3,(H,14,15). The first kappa shape index (κ1) is 11.5. The molecule has 1 fully saturated rings. The van der Waals surface area contributed by atoms with Gasteiger partial charge >= 0.3 is 0 Å². The van der Waals surface area contributed by atoms with Crippen molar-refractivity contribution >= 4 is 34.8 Å². The molecule has 2 rings (SSSR count). The van der Waals surface area contributed by atoms with Crippen molar-refractivity contribution < 1.29 is 9.53 Å². The maximum atomic E-state index is 11.6. The lowest BCUT2D eigenvalue weighted by molar-refractivity contribution is -0.117. The number of rotatable bonds is 3. The molecule has 1 N–H and O–H groups in total. The molecule has 0 saturated heterocycles. The van der Waals surface area contributed by atoms with Gasteiger partial charge in [-0.1, -0.05) is 0 Å². The number of anilines is 1. The highest BCUT2D eigenvalue weighted by Gasteiger charge is 2.56. The van der Waals surface area contributed by atoms with E-state index in [-0.39, 0.29) is 11.8 Å². The fraction of sp³-hybridized carbons (Fsp3) is 0.400. The van der Waals surface area contributed by atoms with E-state index < -0.39 is 4.33 Å². The third kappa shape index (κ3) is 2.39. The molecular weight excluding hydrogens is 251 g/mol. The lowest BCUT2D eigenvalue weighted by atomic mass is 10.3. The Kier molecular flexibility index (Phi) is 2.95. The van der Waals surface area contributed by atoms with Crippen LogP contribution >= 0.6 is 23.2 Å². The average Bonchev–Trinajstić information content (AvgIpc) is 2.89. The van der Waals surface area contributed by atoms with Crippen LogP contribution in [0.3, 0.4) is 0 Å². The number of aromatic nitrogens is 1. The second kappa shape index (κ2) is 4.11. The van der Waals surface area contributed by atoms with E-state index in [2.05, 4.69) is 10.3 Å². The Bertz CT molecular complexity index is 406. The van der Waals surface area contributed by atoms with Crippen molar-refractivity contribution in [1.82, 2.24) is 4.98 Å². The minimum Gasteiger partial charge on any atom is -0.481 e. The largest absolute Gasteiger partial charge is 0.481 e. The molecule has 1 aliphatic rings. The molecule has 1 aromatic rings. The summed E-state index contributed by atoms with van der Waals surface area (Å²) in [6, 6.07) is 3.37. The van der Waals surface area contributed by atoms with Crippen LogP contribution < -0.4 is 10.1 Å². The first-order valence-corrected chi connectivity index (χ1v) is 5.47. The number of alkyl halides is 2. The maximum Gasteiger partial charge on any atom is 0.230 e. The predicted octanol–water partition coefficient (Wildman–Crippen LogP) is 2.22. The van der Waals surface area contributed by atoms with Crippen LogP contribution in [0.1, 0.15) is 6.42 Å². The Morgan fingerprint density at radius 2 is 2.31 bits per heavy atom. The van der Waals surface area contributed by atoms with Crippen molar-refractivity contribution in [2.75, 3.05) is 12.4 Å². The zero-order valence-corrected chi connectivity index (χ0v) is 10.0. The van der Waals surface area contributed by atoms with E-state index in [1.807, 2.05) is 0 Å². The Labute approximate surface area is 103 Å². The van der Waals surface area contributed by atoms with Crippen LogP contribution in [0, 0.1) is 5.92 Å². The van der Waals surface area contributed by atoms with Crippen LogP contribution in [0.25, 0.3) is 0 Å². The minimum atomic E-state index is -0.899. The van der Waals surface area contributed by atoms with E-state index in [0.29, 0.717) is 18.0 Å². The fourth-order valence-electron chi connectivity index (χ4n) is 1.30. The van der Waals surface area contributed by atoms with Gasteiger partial charge in [0.25, 0.3) is 0 Å². The van der Waals surface area contributed by atoms with E-state index in [1.54, 1.807) is 12.1 Å². The molecule has 0 spiro atoms. The highest BCUT2D eigenvalue weighted by molar-refractivity contribution is 6.52. The third-order valence-corrected chi connectivity index (χ3v) is 3.19. The number of nitrogens with one attached hydrogen (secondary N) is 1. The molecule has 1 heterocycles. The molecule has 1 atom stereocenters. The SMILES string of the molecule is COc1ccc(NC(=O)C2CC2(Cl)Cl)cn1. The lowest BCUT2D eigenvalue weighted by Crippen LogP contribution is -2.16. The van der Waals surface area contributed by atoms with E-state index in [4.69, 9.17) is 27.9 Å². The summed E-state index contributed by atoms with van der Waals surface area (Å²) in [6.45, 7) is 0. The molecule has 86 valence electrons. The number of methoxy groups -OCH3 is 1. The molecule has 1 amide bonds. The third-order valence-electron chi connectivity index (χ3n) is 2.36. The molecule has 0 radical (unpaired) electrons. The van der Waals surface area contributed by atoms with Crippen molar-refractivity contribution in [2.45, 2.75) is 10.8 Å². The molecule has 4 nitrogen and oxygen atoms in total. The summed E-state index contributed by atoms with van der Waals surface area (Å²) in [5.41, 5.74) is 0.599. The van der Waals surface area contributed by atoms with Crippen molar-refractivity contribution in [1.29, 1.82) is 0 Å². The quantitative estimate of drug-likeness (QED) is 0.849. The van der Waals surface area contributed by atoms with Gasteiger partial charge in [0.05, 0.1) is 24.9 Å². The smallest absolute Gasteiger partial charge is 0.230 e. The summed E-state index contributed by atoms with van der Waals surface area (Å²) in [4.78, 5) is 15.6. The minimum absolute atomic E-state index is 0.183. The number of nitrogens with zero attached hydrogens (tertiary/aromatic N) is 1. The van der Waals surface area contributed by atoms with E-state index in [9.17, 15) is 4.79 Å². The van der Waals surface area contributed by atoms with Crippen molar-refractivity contribution in [3.63, 3.8) is 0 Å². The highest BCUT2D eigenvalue weighted by Crippen LogP contribution is 2.53. The zero-order valence-electron chi connectivity index (χ0n) is 8.54. The number of hydrogen-bond acceptors (Lipinski definition) is 3. The first-order chi connectivity index (χ1) is 7.53. The van der Waals surface area contributed by atoms with Gasteiger partial charge in [-0.25, -0.2) is 4.98 Å². The number of carbonyl (C=O) groups is 1. The number of pyridine rings is 1. The Hall–Kier alpha value is -1.00. The summed E-state index contributed by atoms with van der Waals surface area (Å²) in [7, 11) is 1.53. The summed E-state index contributed by atoms with van der Waals surface area (Å²) >= 11 is 11.6. The molecule has 0 bridgehead atoms. The zero-order chi connectivity index (χ0) is 11.8. The highest BCUT2D eigenvalue weighted by atomic mass is 35.5. The van der Waals surface area contributed by atoms with Gasteiger partial charge in [-0.05, 0) is 12.5 Å². The molecule has 1 saturated carbocycles. The van der Waals surface area contributed by atoms with Crippen LogP contribution in [0.4, 0.5) is 5.69 Å². The van der Waals surface area contributed by atoms with Gasteiger partial charge in [0, 0.05) is 6.07 Å². The van der Waals surface area contributed by atoms with Crippen molar-refractivity contribution in [3.8, 4) is 5.88 Å². The normalized spacial score (nSPS) is 21.3. The number of hydrogen-bond donors (Lipinski definition) is 1. The van der Waals surface area contributed by atoms with Crippen molar-refractivity contribution in [3.05, 3.63) is 18.3 Å². The van der Waals surface area contributed by atoms with Crippen LogP contribution in [-0.4, -0.2) is 22.3 Å². The van der Waals surface area contributed by atoms with Gasteiger partial charge in [-0.2, -0.15) is 0 Å². The van der Waals surface area contributed by atoms with E-state index >= 15 is 0 Å². The van der Waals surface area contributed by atoms with Gasteiger partial charge in [0.15, 0.2) is 0 Å². The van der Waals surface area contributed by atoms with E-state index in [0.717, 1.165) is 0 Å². The number of ether oxygens (including phenoxy) is 1.